The number of para-hydroxylation sites is 1. The maximum absolute atomic E-state index is 13.1. The third kappa shape index (κ3) is 4.52. The van der Waals surface area contributed by atoms with Crippen molar-refractivity contribution >= 4 is 45.1 Å². The number of thiazole rings is 1. The number of carbonyl (C=O) groups excluding carboxylic acids is 2. The van der Waals surface area contributed by atoms with Crippen LogP contribution in [-0.2, 0) is 9.59 Å². The fourth-order valence-corrected chi connectivity index (χ4v) is 3.16. The van der Waals surface area contributed by atoms with Gasteiger partial charge in [-0.05, 0) is 36.4 Å². The Balaban J connectivity index is 1.57. The second kappa shape index (κ2) is 7.88. The molecule has 2 amide bonds. The molecule has 1 heterocycles. The summed E-state index contributed by atoms with van der Waals surface area (Å²) in [5.74, 6) is -1.16. The van der Waals surface area contributed by atoms with E-state index in [0.29, 0.717) is 5.69 Å². The number of amides is 2. The first-order valence-electron chi connectivity index (χ1n) is 7.85. The Labute approximate surface area is 153 Å². The van der Waals surface area contributed by atoms with Gasteiger partial charge in [0.1, 0.15) is 10.8 Å². The van der Waals surface area contributed by atoms with Gasteiger partial charge in [-0.25, -0.2) is 9.37 Å². The molecule has 0 unspecified atom stereocenters. The SMILES string of the molecule is CN(CC(=O)Nc1cccc(F)c1)C(=O)/C=C/c1nc2ccccc2s1. The molecule has 0 fully saturated rings. The predicted octanol–water partition coefficient (Wildman–Crippen LogP) is 3.55. The van der Waals surface area contributed by atoms with E-state index in [0.717, 1.165) is 15.2 Å². The standard InChI is InChI=1S/C19H16FN3O2S/c1-23(12-17(24)21-14-6-4-5-13(20)11-14)19(25)10-9-18-22-15-7-2-3-8-16(15)26-18/h2-11H,12H2,1H3,(H,21,24)/b10-9+. The fraction of sp³-hybridized carbons (Fsp3) is 0.105. The first kappa shape index (κ1) is 17.8. The number of halogens is 1. The molecule has 0 bridgehead atoms. The molecular formula is C19H16FN3O2S. The highest BCUT2D eigenvalue weighted by Gasteiger charge is 2.11. The number of rotatable bonds is 5. The third-order valence-corrected chi connectivity index (χ3v) is 4.55. The molecule has 0 spiro atoms. The van der Waals surface area contributed by atoms with Gasteiger partial charge in [0.2, 0.25) is 11.8 Å². The number of hydrogen-bond donors (Lipinski definition) is 1. The van der Waals surface area contributed by atoms with Crippen LogP contribution in [0.3, 0.4) is 0 Å². The number of fused-ring (bicyclic) bond motifs is 1. The summed E-state index contributed by atoms with van der Waals surface area (Å²) >= 11 is 1.48. The molecular weight excluding hydrogens is 353 g/mol. The van der Waals surface area contributed by atoms with Gasteiger partial charge in [0.25, 0.3) is 0 Å². The smallest absolute Gasteiger partial charge is 0.246 e. The summed E-state index contributed by atoms with van der Waals surface area (Å²) in [6.07, 6.45) is 3.02. The fourth-order valence-electron chi connectivity index (χ4n) is 2.29. The topological polar surface area (TPSA) is 62.3 Å². The lowest BCUT2D eigenvalue weighted by atomic mass is 10.3. The van der Waals surface area contributed by atoms with Gasteiger partial charge < -0.3 is 10.2 Å². The summed E-state index contributed by atoms with van der Waals surface area (Å²) in [5, 5.41) is 3.27. The van der Waals surface area contributed by atoms with Gasteiger partial charge in [0.15, 0.2) is 0 Å². The minimum Gasteiger partial charge on any atom is -0.333 e. The van der Waals surface area contributed by atoms with E-state index in [-0.39, 0.29) is 12.5 Å². The van der Waals surface area contributed by atoms with Gasteiger partial charge in [-0.1, -0.05) is 18.2 Å². The van der Waals surface area contributed by atoms with E-state index in [4.69, 9.17) is 0 Å². The zero-order valence-electron chi connectivity index (χ0n) is 14.0. The Morgan fingerprint density at radius 3 is 2.81 bits per heavy atom. The van der Waals surface area contributed by atoms with Crippen LogP contribution in [0.2, 0.25) is 0 Å². The van der Waals surface area contributed by atoms with Crippen LogP contribution in [0, 0.1) is 5.82 Å². The molecule has 0 atom stereocenters. The minimum atomic E-state index is -0.439. The zero-order valence-corrected chi connectivity index (χ0v) is 14.8. The average Bonchev–Trinajstić information content (AvgIpc) is 3.02. The van der Waals surface area contributed by atoms with E-state index in [1.165, 1.54) is 47.6 Å². The van der Waals surface area contributed by atoms with E-state index in [2.05, 4.69) is 10.3 Å². The molecule has 0 aliphatic heterocycles. The number of hydrogen-bond acceptors (Lipinski definition) is 4. The zero-order chi connectivity index (χ0) is 18.5. The molecule has 5 nitrogen and oxygen atoms in total. The number of benzene rings is 2. The molecule has 132 valence electrons. The summed E-state index contributed by atoms with van der Waals surface area (Å²) in [6.45, 7) is -0.139. The van der Waals surface area contributed by atoms with Crippen molar-refractivity contribution in [2.24, 2.45) is 0 Å². The molecule has 1 aromatic heterocycles. The monoisotopic (exact) mass is 369 g/mol. The van der Waals surface area contributed by atoms with Crippen molar-refractivity contribution in [3.63, 3.8) is 0 Å². The van der Waals surface area contributed by atoms with Crippen LogP contribution in [0.1, 0.15) is 5.01 Å². The average molecular weight is 369 g/mol. The highest BCUT2D eigenvalue weighted by molar-refractivity contribution is 7.19. The Hall–Kier alpha value is -3.06. The number of aromatic nitrogens is 1. The molecule has 26 heavy (non-hydrogen) atoms. The largest absolute Gasteiger partial charge is 0.333 e. The van der Waals surface area contributed by atoms with E-state index < -0.39 is 11.7 Å². The number of carbonyl (C=O) groups is 2. The van der Waals surface area contributed by atoms with Gasteiger partial charge in [0, 0.05) is 18.8 Å². The molecule has 0 aliphatic rings. The first-order valence-corrected chi connectivity index (χ1v) is 8.67. The van der Waals surface area contributed by atoms with Crippen molar-refractivity contribution < 1.29 is 14.0 Å². The van der Waals surface area contributed by atoms with Gasteiger partial charge in [0.05, 0.1) is 16.8 Å². The molecule has 2 aromatic carbocycles. The number of nitrogens with one attached hydrogen (secondary N) is 1. The Morgan fingerprint density at radius 1 is 1.23 bits per heavy atom. The van der Waals surface area contributed by atoms with Crippen molar-refractivity contribution in [3.05, 3.63) is 65.4 Å². The second-order valence-corrected chi connectivity index (χ2v) is 6.67. The molecule has 7 heteroatoms. The van der Waals surface area contributed by atoms with Crippen LogP contribution in [0.25, 0.3) is 16.3 Å². The van der Waals surface area contributed by atoms with Crippen LogP contribution in [0.4, 0.5) is 10.1 Å². The Kier molecular flexibility index (Phi) is 5.38. The lowest BCUT2D eigenvalue weighted by Gasteiger charge is -2.14. The van der Waals surface area contributed by atoms with E-state index in [1.54, 1.807) is 12.1 Å². The summed E-state index contributed by atoms with van der Waals surface area (Å²) in [7, 11) is 1.52. The lowest BCUT2D eigenvalue weighted by molar-refractivity contribution is -0.129. The van der Waals surface area contributed by atoms with Crippen molar-refractivity contribution in [1.29, 1.82) is 0 Å². The second-order valence-electron chi connectivity index (χ2n) is 5.61. The van der Waals surface area contributed by atoms with Crippen LogP contribution in [-0.4, -0.2) is 35.3 Å². The van der Waals surface area contributed by atoms with Crippen LogP contribution >= 0.6 is 11.3 Å². The van der Waals surface area contributed by atoms with Gasteiger partial charge in [-0.15, -0.1) is 11.3 Å². The van der Waals surface area contributed by atoms with E-state index in [1.807, 2.05) is 24.3 Å². The number of nitrogens with zero attached hydrogens (tertiary/aromatic N) is 2. The van der Waals surface area contributed by atoms with Crippen molar-refractivity contribution in [2.45, 2.75) is 0 Å². The van der Waals surface area contributed by atoms with Crippen molar-refractivity contribution in [2.75, 3.05) is 18.9 Å². The normalized spacial score (nSPS) is 11.0. The van der Waals surface area contributed by atoms with Crippen molar-refractivity contribution in [1.82, 2.24) is 9.88 Å². The molecule has 3 aromatic rings. The summed E-state index contributed by atoms with van der Waals surface area (Å²) in [5.41, 5.74) is 1.23. The number of anilines is 1. The lowest BCUT2D eigenvalue weighted by Crippen LogP contribution is -2.33. The quantitative estimate of drug-likeness (QED) is 0.700. The van der Waals surface area contributed by atoms with E-state index in [9.17, 15) is 14.0 Å². The molecule has 0 aliphatic carbocycles. The predicted molar refractivity (Wildman–Crippen MR) is 101 cm³/mol. The maximum atomic E-state index is 13.1. The summed E-state index contributed by atoms with van der Waals surface area (Å²) in [6, 6.07) is 13.3. The van der Waals surface area contributed by atoms with Gasteiger partial charge >= 0.3 is 0 Å². The van der Waals surface area contributed by atoms with Crippen LogP contribution in [0.5, 0.6) is 0 Å². The molecule has 0 saturated carbocycles. The molecule has 0 radical (unpaired) electrons. The first-order chi connectivity index (χ1) is 12.5. The Bertz CT molecular complexity index is 951. The summed E-state index contributed by atoms with van der Waals surface area (Å²) in [4.78, 5) is 29.8. The third-order valence-electron chi connectivity index (χ3n) is 3.54. The molecule has 0 saturated heterocycles. The van der Waals surface area contributed by atoms with Crippen molar-refractivity contribution in [3.8, 4) is 0 Å². The van der Waals surface area contributed by atoms with Gasteiger partial charge in [-0.3, -0.25) is 9.59 Å². The van der Waals surface area contributed by atoms with E-state index >= 15 is 0 Å². The Morgan fingerprint density at radius 2 is 2.04 bits per heavy atom. The molecule has 1 N–H and O–H groups in total. The maximum Gasteiger partial charge on any atom is 0.246 e. The minimum absolute atomic E-state index is 0.139. The van der Waals surface area contributed by atoms with Gasteiger partial charge in [-0.2, -0.15) is 0 Å². The van der Waals surface area contributed by atoms with Crippen LogP contribution in [0.15, 0.2) is 54.6 Å². The van der Waals surface area contributed by atoms with Crippen LogP contribution < -0.4 is 5.32 Å². The summed E-state index contributed by atoms with van der Waals surface area (Å²) < 4.78 is 14.2. The molecule has 3 rings (SSSR count). The number of likely N-dealkylation sites (N-methyl/N-ethyl adjacent to an activating group) is 1. The highest BCUT2D eigenvalue weighted by Crippen LogP contribution is 2.22. The highest BCUT2D eigenvalue weighted by atomic mass is 32.1.